The van der Waals surface area contributed by atoms with E-state index in [1.165, 1.54) is 22.7 Å². The topological polar surface area (TPSA) is 51.6 Å². The fourth-order valence-electron chi connectivity index (χ4n) is 5.10. The first kappa shape index (κ1) is 26.2. The van der Waals surface area contributed by atoms with Crippen molar-refractivity contribution >= 4 is 141 Å². The minimum absolute atomic E-state index is 0.154. The van der Waals surface area contributed by atoms with Crippen LogP contribution in [0.15, 0.2) is 60.9 Å². The average molecular weight is 721 g/mol. The lowest BCUT2D eigenvalue weighted by Crippen LogP contribution is -1.76. The monoisotopic (exact) mass is 720 g/mol. The standard InChI is InChI=1S/C30H10F2N4S8/c31-25-7-19-17(39-25)5-21(37-19)27-33-9-23(43-27)29-35-13-1-11-3-16-14(2-12(11)4-15(13)41-29)36-30(42-16)24-10-34-28(44-24)22-6-18-20(38-22)8-26(32)40-18/h1-10H. The third-order valence-corrected chi connectivity index (χ3v) is 15.9. The van der Waals surface area contributed by atoms with Crippen LogP contribution in [0.2, 0.25) is 0 Å². The van der Waals surface area contributed by atoms with E-state index in [4.69, 9.17) is 9.97 Å². The van der Waals surface area contributed by atoms with Gasteiger partial charge in [0, 0.05) is 43.3 Å². The predicted octanol–water partition coefficient (Wildman–Crippen LogP) is 12.5. The van der Waals surface area contributed by atoms with E-state index in [-0.39, 0.29) is 10.3 Å². The van der Waals surface area contributed by atoms with Gasteiger partial charge in [-0.3, -0.25) is 0 Å². The Kier molecular flexibility index (Phi) is 5.77. The third-order valence-electron chi connectivity index (χ3n) is 7.06. The summed E-state index contributed by atoms with van der Waals surface area (Å²) in [7, 11) is 0. The maximum absolute atomic E-state index is 13.5. The molecule has 0 saturated heterocycles. The molecule has 0 spiro atoms. The lowest BCUT2D eigenvalue weighted by molar-refractivity contribution is 0.658. The number of hydrogen-bond acceptors (Lipinski definition) is 12. The van der Waals surface area contributed by atoms with Gasteiger partial charge in [-0.25, -0.2) is 19.9 Å². The zero-order valence-electron chi connectivity index (χ0n) is 21.6. The van der Waals surface area contributed by atoms with Gasteiger partial charge in [0.25, 0.3) is 0 Å². The van der Waals surface area contributed by atoms with Gasteiger partial charge in [-0.15, -0.1) is 90.7 Å². The lowest BCUT2D eigenvalue weighted by Gasteiger charge is -1.97. The first-order valence-electron chi connectivity index (χ1n) is 12.9. The molecule has 0 atom stereocenters. The molecular weight excluding hydrogens is 711 g/mol. The van der Waals surface area contributed by atoms with Gasteiger partial charge < -0.3 is 0 Å². The van der Waals surface area contributed by atoms with Crippen molar-refractivity contribution in [2.45, 2.75) is 0 Å². The summed E-state index contributed by atoms with van der Waals surface area (Å²) in [5.74, 6) is 0. The van der Waals surface area contributed by atoms with E-state index in [9.17, 15) is 8.78 Å². The number of rotatable bonds is 4. The number of thiophene rings is 4. The van der Waals surface area contributed by atoms with Gasteiger partial charge in [-0.1, -0.05) is 0 Å². The molecule has 14 heteroatoms. The summed E-state index contributed by atoms with van der Waals surface area (Å²) in [6, 6.07) is 15.9. The molecule has 0 unspecified atom stereocenters. The van der Waals surface area contributed by atoms with Crippen LogP contribution in [-0.4, -0.2) is 19.9 Å². The van der Waals surface area contributed by atoms with Crippen LogP contribution in [0.3, 0.4) is 0 Å². The number of hydrogen-bond donors (Lipinski definition) is 0. The number of thiazole rings is 4. The first-order valence-corrected chi connectivity index (χ1v) is 19.5. The largest absolute Gasteiger partial charge is 0.243 e. The molecule has 0 bridgehead atoms. The molecule has 212 valence electrons. The molecule has 10 rings (SSSR count). The van der Waals surface area contributed by atoms with Crippen molar-refractivity contribution < 1.29 is 8.78 Å². The Hall–Kier alpha value is -3.08. The Bertz CT molecular complexity index is 2410. The number of nitrogens with zero attached hydrogens (tertiary/aromatic N) is 4. The second-order valence-corrected chi connectivity index (χ2v) is 18.2. The Morgan fingerprint density at radius 1 is 0.386 bits per heavy atom. The SMILES string of the molecule is Fc1cc2sc(-c3ncc(-c4nc5cc6cc7sc(-c8cnc(-c9cc%10sc(F)cc%10s9)s8)nc7cc6cc5s4)s3)cc2s1. The summed E-state index contributed by atoms with van der Waals surface area (Å²) in [6.45, 7) is 0. The molecule has 44 heavy (non-hydrogen) atoms. The molecule has 0 amide bonds. The van der Waals surface area contributed by atoms with Gasteiger partial charge in [0.1, 0.15) is 20.0 Å². The van der Waals surface area contributed by atoms with Crippen LogP contribution in [-0.2, 0) is 0 Å². The van der Waals surface area contributed by atoms with E-state index in [0.29, 0.717) is 0 Å². The highest BCUT2D eigenvalue weighted by atomic mass is 32.1. The normalized spacial score (nSPS) is 12.3. The van der Waals surface area contributed by atoms with Crippen LogP contribution in [0.25, 0.3) is 89.5 Å². The predicted molar refractivity (Wildman–Crippen MR) is 190 cm³/mol. The summed E-state index contributed by atoms with van der Waals surface area (Å²) in [5.41, 5.74) is 1.93. The van der Waals surface area contributed by atoms with Crippen molar-refractivity contribution in [1.29, 1.82) is 0 Å². The summed E-state index contributed by atoms with van der Waals surface area (Å²) < 4.78 is 33.2. The Morgan fingerprint density at radius 3 is 1.30 bits per heavy atom. The fraction of sp³-hybridized carbons (Fsp3) is 0. The van der Waals surface area contributed by atoms with Crippen molar-refractivity contribution in [3.63, 3.8) is 0 Å². The number of halogens is 2. The van der Waals surface area contributed by atoms with Crippen molar-refractivity contribution in [2.75, 3.05) is 0 Å². The van der Waals surface area contributed by atoms with Crippen LogP contribution >= 0.6 is 90.7 Å². The van der Waals surface area contributed by atoms with E-state index in [1.54, 1.807) is 80.2 Å². The van der Waals surface area contributed by atoms with Gasteiger partial charge in [-0.2, -0.15) is 8.78 Å². The van der Waals surface area contributed by atoms with Crippen LogP contribution in [0, 0.1) is 10.3 Å². The molecule has 4 nitrogen and oxygen atoms in total. The molecular formula is C30H10F2N4S8. The Balaban J connectivity index is 0.972. The van der Waals surface area contributed by atoms with Crippen molar-refractivity contribution in [1.82, 2.24) is 19.9 Å². The Labute approximate surface area is 277 Å². The van der Waals surface area contributed by atoms with Gasteiger partial charge in [0.2, 0.25) is 0 Å². The molecule has 0 fully saturated rings. The fourth-order valence-corrected chi connectivity index (χ4v) is 13.3. The van der Waals surface area contributed by atoms with E-state index in [2.05, 4.69) is 34.2 Å². The van der Waals surface area contributed by atoms with E-state index < -0.39 is 0 Å². The van der Waals surface area contributed by atoms with Crippen molar-refractivity contribution in [3.05, 3.63) is 71.2 Å². The molecule has 0 N–H and O–H groups in total. The highest BCUT2D eigenvalue weighted by Crippen LogP contribution is 2.44. The zero-order valence-corrected chi connectivity index (χ0v) is 28.1. The summed E-state index contributed by atoms with van der Waals surface area (Å²) >= 11 is 12.1. The average Bonchev–Trinajstić information content (AvgIpc) is 3.82. The van der Waals surface area contributed by atoms with Crippen LogP contribution in [0.4, 0.5) is 8.78 Å². The smallest absolute Gasteiger partial charge is 0.178 e. The molecule has 10 aromatic rings. The Morgan fingerprint density at radius 2 is 0.841 bits per heavy atom. The highest BCUT2D eigenvalue weighted by molar-refractivity contribution is 7.33. The molecule has 0 radical (unpaired) electrons. The molecule has 0 saturated carbocycles. The molecule has 2 aromatic carbocycles. The second kappa shape index (κ2) is 9.71. The summed E-state index contributed by atoms with van der Waals surface area (Å²) in [6.07, 6.45) is 3.78. The molecule has 0 aliphatic heterocycles. The first-order chi connectivity index (χ1) is 21.5. The quantitative estimate of drug-likeness (QED) is 0.182. The van der Waals surface area contributed by atoms with Crippen LogP contribution < -0.4 is 0 Å². The summed E-state index contributed by atoms with van der Waals surface area (Å²) in [5, 5.41) is 5.70. The van der Waals surface area contributed by atoms with E-state index in [0.717, 1.165) is 89.5 Å². The molecule has 0 aliphatic carbocycles. The van der Waals surface area contributed by atoms with Gasteiger partial charge in [0.15, 0.2) is 10.3 Å². The number of aromatic nitrogens is 4. The van der Waals surface area contributed by atoms with Gasteiger partial charge in [-0.05, 0) is 47.2 Å². The minimum atomic E-state index is -0.154. The van der Waals surface area contributed by atoms with Crippen LogP contribution in [0.5, 0.6) is 0 Å². The van der Waals surface area contributed by atoms with Crippen molar-refractivity contribution in [2.24, 2.45) is 0 Å². The summed E-state index contributed by atoms with van der Waals surface area (Å²) in [4.78, 5) is 23.4. The van der Waals surface area contributed by atoms with Crippen molar-refractivity contribution in [3.8, 4) is 39.5 Å². The minimum Gasteiger partial charge on any atom is -0.243 e. The van der Waals surface area contributed by atoms with E-state index in [1.807, 2.05) is 24.5 Å². The maximum atomic E-state index is 13.5. The zero-order chi connectivity index (χ0) is 29.1. The molecule has 8 heterocycles. The van der Waals surface area contributed by atoms with Gasteiger partial charge in [0.05, 0.1) is 39.9 Å². The third kappa shape index (κ3) is 4.24. The number of benzene rings is 2. The maximum Gasteiger partial charge on any atom is 0.178 e. The van der Waals surface area contributed by atoms with Crippen LogP contribution in [0.1, 0.15) is 0 Å². The van der Waals surface area contributed by atoms with E-state index >= 15 is 0 Å². The highest BCUT2D eigenvalue weighted by Gasteiger charge is 2.17. The lowest BCUT2D eigenvalue weighted by atomic mass is 10.1. The second-order valence-electron chi connectivity index (χ2n) is 9.86. The molecule has 0 aliphatic rings. The number of fused-ring (bicyclic) bond motifs is 5. The van der Waals surface area contributed by atoms with Gasteiger partial charge >= 0.3 is 0 Å². The molecule has 8 aromatic heterocycles.